The highest BCUT2D eigenvalue weighted by Gasteiger charge is 2.04. The van der Waals surface area contributed by atoms with E-state index < -0.39 is 6.23 Å². The normalized spacial score (nSPS) is 12.2. The Hall–Kier alpha value is -1.39. The fourth-order valence-electron chi connectivity index (χ4n) is 0.889. The Morgan fingerprint density at radius 1 is 1.46 bits per heavy atom. The first-order valence-corrected chi connectivity index (χ1v) is 3.97. The Morgan fingerprint density at radius 2 is 2.08 bits per heavy atom. The standard InChI is InChI=1S/C9H12N2O2/c10-8(12)6-11-9(13)7-4-2-1-3-5-7/h1-5,8,12H,6,10H2,(H,11,13). The summed E-state index contributed by atoms with van der Waals surface area (Å²) in [5.41, 5.74) is 5.62. The van der Waals surface area contributed by atoms with E-state index in [4.69, 9.17) is 10.8 Å². The molecule has 4 heteroatoms. The molecule has 0 spiro atoms. The summed E-state index contributed by atoms with van der Waals surface area (Å²) < 4.78 is 0. The smallest absolute Gasteiger partial charge is 0.251 e. The van der Waals surface area contributed by atoms with Crippen LogP contribution < -0.4 is 11.1 Å². The number of hydrogen-bond donors (Lipinski definition) is 3. The molecule has 13 heavy (non-hydrogen) atoms. The highest BCUT2D eigenvalue weighted by atomic mass is 16.3. The molecule has 70 valence electrons. The average Bonchev–Trinajstić information content (AvgIpc) is 2.15. The lowest BCUT2D eigenvalue weighted by molar-refractivity contribution is 0.0919. The first-order chi connectivity index (χ1) is 6.20. The van der Waals surface area contributed by atoms with E-state index in [2.05, 4.69) is 5.32 Å². The van der Waals surface area contributed by atoms with Crippen LogP contribution >= 0.6 is 0 Å². The number of amides is 1. The van der Waals surface area contributed by atoms with Gasteiger partial charge in [0.1, 0.15) is 6.23 Å². The molecule has 1 aromatic rings. The van der Waals surface area contributed by atoms with Gasteiger partial charge in [0.05, 0.1) is 6.54 Å². The third kappa shape index (κ3) is 3.23. The number of aliphatic hydroxyl groups excluding tert-OH is 1. The third-order valence-electron chi connectivity index (χ3n) is 1.51. The maximum Gasteiger partial charge on any atom is 0.251 e. The van der Waals surface area contributed by atoms with E-state index in [0.29, 0.717) is 5.56 Å². The van der Waals surface area contributed by atoms with Gasteiger partial charge in [-0.15, -0.1) is 0 Å². The van der Waals surface area contributed by atoms with E-state index in [0.717, 1.165) is 0 Å². The molecule has 1 aromatic carbocycles. The number of carbonyl (C=O) groups is 1. The Morgan fingerprint density at radius 3 is 2.62 bits per heavy atom. The molecular weight excluding hydrogens is 168 g/mol. The highest BCUT2D eigenvalue weighted by molar-refractivity contribution is 5.94. The van der Waals surface area contributed by atoms with Crippen molar-refractivity contribution >= 4 is 5.91 Å². The van der Waals surface area contributed by atoms with Crippen molar-refractivity contribution in [3.63, 3.8) is 0 Å². The van der Waals surface area contributed by atoms with Crippen molar-refractivity contribution in [3.05, 3.63) is 35.9 Å². The second kappa shape index (κ2) is 4.59. The molecule has 4 nitrogen and oxygen atoms in total. The summed E-state index contributed by atoms with van der Waals surface area (Å²) >= 11 is 0. The molecule has 0 aliphatic carbocycles. The quantitative estimate of drug-likeness (QED) is 0.559. The number of rotatable bonds is 3. The van der Waals surface area contributed by atoms with Gasteiger partial charge >= 0.3 is 0 Å². The number of benzene rings is 1. The van der Waals surface area contributed by atoms with Gasteiger partial charge < -0.3 is 16.2 Å². The summed E-state index contributed by atoms with van der Waals surface area (Å²) in [7, 11) is 0. The van der Waals surface area contributed by atoms with Crippen LogP contribution in [0, 0.1) is 0 Å². The molecule has 0 bridgehead atoms. The molecule has 0 aliphatic heterocycles. The second-order valence-corrected chi connectivity index (χ2v) is 2.64. The van der Waals surface area contributed by atoms with Crippen molar-refractivity contribution in [1.29, 1.82) is 0 Å². The van der Waals surface area contributed by atoms with Crippen LogP contribution in [0.5, 0.6) is 0 Å². The van der Waals surface area contributed by atoms with Gasteiger partial charge in [0.25, 0.3) is 5.91 Å². The van der Waals surface area contributed by atoms with Crippen LogP contribution in [0.3, 0.4) is 0 Å². The minimum atomic E-state index is -1.01. The van der Waals surface area contributed by atoms with Gasteiger partial charge in [-0.3, -0.25) is 4.79 Å². The van der Waals surface area contributed by atoms with E-state index in [1.54, 1.807) is 24.3 Å². The van der Waals surface area contributed by atoms with Crippen molar-refractivity contribution in [3.8, 4) is 0 Å². The van der Waals surface area contributed by atoms with Crippen molar-refractivity contribution in [1.82, 2.24) is 5.32 Å². The number of carbonyl (C=O) groups excluding carboxylic acids is 1. The molecule has 1 unspecified atom stereocenters. The maximum atomic E-state index is 11.3. The van der Waals surface area contributed by atoms with Gasteiger partial charge in [0.2, 0.25) is 0 Å². The van der Waals surface area contributed by atoms with Crippen LogP contribution in [0.15, 0.2) is 30.3 Å². The maximum absolute atomic E-state index is 11.3. The Bertz CT molecular complexity index is 272. The van der Waals surface area contributed by atoms with Gasteiger partial charge in [-0.05, 0) is 12.1 Å². The fourth-order valence-corrected chi connectivity index (χ4v) is 0.889. The molecule has 1 atom stereocenters. The lowest BCUT2D eigenvalue weighted by atomic mass is 10.2. The molecule has 0 radical (unpaired) electrons. The topological polar surface area (TPSA) is 75.3 Å². The molecule has 1 amide bonds. The van der Waals surface area contributed by atoms with Gasteiger partial charge in [0, 0.05) is 5.56 Å². The van der Waals surface area contributed by atoms with Crippen LogP contribution in [-0.2, 0) is 0 Å². The zero-order valence-corrected chi connectivity index (χ0v) is 7.10. The van der Waals surface area contributed by atoms with Gasteiger partial charge in [-0.2, -0.15) is 0 Å². The summed E-state index contributed by atoms with van der Waals surface area (Å²) in [6.07, 6.45) is -1.01. The molecule has 0 saturated carbocycles. The minimum Gasteiger partial charge on any atom is -0.377 e. The summed E-state index contributed by atoms with van der Waals surface area (Å²) in [5, 5.41) is 11.2. The van der Waals surface area contributed by atoms with E-state index >= 15 is 0 Å². The van der Waals surface area contributed by atoms with Crippen molar-refractivity contribution in [2.75, 3.05) is 6.54 Å². The molecule has 4 N–H and O–H groups in total. The van der Waals surface area contributed by atoms with E-state index in [1.807, 2.05) is 6.07 Å². The lowest BCUT2D eigenvalue weighted by Crippen LogP contribution is -2.36. The number of nitrogens with one attached hydrogen (secondary N) is 1. The molecule has 0 saturated heterocycles. The van der Waals surface area contributed by atoms with Gasteiger partial charge in [-0.25, -0.2) is 0 Å². The first kappa shape index (κ1) is 9.70. The summed E-state index contributed by atoms with van der Waals surface area (Å²) in [5.74, 6) is -0.231. The SMILES string of the molecule is NC(O)CNC(=O)c1ccccc1. The van der Waals surface area contributed by atoms with Crippen LogP contribution in [-0.4, -0.2) is 23.8 Å². The molecule has 0 heterocycles. The number of nitrogens with two attached hydrogens (primary N) is 1. The number of hydrogen-bond acceptors (Lipinski definition) is 3. The monoisotopic (exact) mass is 180 g/mol. The number of aliphatic hydroxyl groups is 1. The van der Waals surface area contributed by atoms with Crippen molar-refractivity contribution in [2.24, 2.45) is 5.73 Å². The molecule has 0 aliphatic rings. The van der Waals surface area contributed by atoms with Crippen LogP contribution in [0.25, 0.3) is 0 Å². The summed E-state index contributed by atoms with van der Waals surface area (Å²) in [6.45, 7) is 0.0632. The molecule has 0 aromatic heterocycles. The van der Waals surface area contributed by atoms with E-state index in [1.165, 1.54) is 0 Å². The first-order valence-electron chi connectivity index (χ1n) is 3.97. The third-order valence-corrected chi connectivity index (χ3v) is 1.51. The Kier molecular flexibility index (Phi) is 3.42. The second-order valence-electron chi connectivity index (χ2n) is 2.64. The lowest BCUT2D eigenvalue weighted by Gasteiger charge is -2.06. The van der Waals surface area contributed by atoms with Crippen molar-refractivity contribution < 1.29 is 9.90 Å². The zero-order chi connectivity index (χ0) is 9.68. The van der Waals surface area contributed by atoms with Crippen molar-refractivity contribution in [2.45, 2.75) is 6.23 Å². The predicted octanol–water partition coefficient (Wildman–Crippen LogP) is -0.306. The largest absolute Gasteiger partial charge is 0.377 e. The molecular formula is C9H12N2O2. The van der Waals surface area contributed by atoms with Crippen LogP contribution in [0.4, 0.5) is 0 Å². The van der Waals surface area contributed by atoms with E-state index in [-0.39, 0.29) is 12.5 Å². The fraction of sp³-hybridized carbons (Fsp3) is 0.222. The Labute approximate surface area is 76.4 Å². The molecule has 0 fully saturated rings. The van der Waals surface area contributed by atoms with Gasteiger partial charge in [-0.1, -0.05) is 18.2 Å². The summed E-state index contributed by atoms with van der Waals surface area (Å²) in [4.78, 5) is 11.3. The van der Waals surface area contributed by atoms with Crippen LogP contribution in [0.2, 0.25) is 0 Å². The molecule has 1 rings (SSSR count). The van der Waals surface area contributed by atoms with Crippen LogP contribution in [0.1, 0.15) is 10.4 Å². The zero-order valence-electron chi connectivity index (χ0n) is 7.10. The minimum absolute atomic E-state index is 0.0632. The highest BCUT2D eigenvalue weighted by Crippen LogP contribution is 1.97. The predicted molar refractivity (Wildman–Crippen MR) is 49.0 cm³/mol. The van der Waals surface area contributed by atoms with Gasteiger partial charge in [0.15, 0.2) is 0 Å². The Balaban J connectivity index is 2.50. The average molecular weight is 180 g/mol. The summed E-state index contributed by atoms with van der Waals surface area (Å²) in [6, 6.07) is 8.76. The van der Waals surface area contributed by atoms with E-state index in [9.17, 15) is 4.79 Å².